The molecule has 0 bridgehead atoms. The van der Waals surface area contributed by atoms with Crippen LogP contribution in [0.2, 0.25) is 0 Å². The van der Waals surface area contributed by atoms with E-state index < -0.39 is 0 Å². The highest BCUT2D eigenvalue weighted by Gasteiger charge is 2.63. The van der Waals surface area contributed by atoms with Gasteiger partial charge in [0.05, 0.1) is 11.9 Å². The fraction of sp³-hybridized carbons (Fsp3) is 0.870. The average molecular weight is 407 g/mol. The lowest BCUT2D eigenvalue weighted by Crippen LogP contribution is -2.58. The molecule has 156 valence electrons. The van der Waals surface area contributed by atoms with Gasteiger partial charge >= 0.3 is 0 Å². The van der Waals surface area contributed by atoms with Gasteiger partial charge in [-0.15, -0.1) is 0 Å². The molecule has 4 aliphatic carbocycles. The van der Waals surface area contributed by atoms with Crippen LogP contribution in [0, 0.1) is 40.4 Å². The molecule has 0 unspecified atom stereocenters. The summed E-state index contributed by atoms with van der Waals surface area (Å²) in [5, 5.41) is 10.1. The fourth-order valence-corrected chi connectivity index (χ4v) is 8.40. The minimum absolute atomic E-state index is 0.0152. The molecule has 0 saturated heterocycles. The quantitative estimate of drug-likeness (QED) is 0.766. The van der Waals surface area contributed by atoms with Gasteiger partial charge in [-0.1, -0.05) is 25.6 Å². The maximum absolute atomic E-state index is 13.5. The van der Waals surface area contributed by atoms with Gasteiger partial charge in [-0.25, -0.2) is 0 Å². The van der Waals surface area contributed by atoms with Crippen molar-refractivity contribution in [1.82, 2.24) is 0 Å². The van der Waals surface area contributed by atoms with E-state index >= 15 is 0 Å². The number of hydrogen-bond acceptors (Lipinski definition) is 5. The lowest BCUT2D eigenvalue weighted by atomic mass is 9.44. The highest BCUT2D eigenvalue weighted by atomic mass is 32.2. The second-order valence-electron chi connectivity index (χ2n) is 10.5. The van der Waals surface area contributed by atoms with Gasteiger partial charge in [-0.3, -0.25) is 14.4 Å². The lowest BCUT2D eigenvalue weighted by Gasteiger charge is -2.59. The van der Waals surface area contributed by atoms with Crippen molar-refractivity contribution in [3.63, 3.8) is 0 Å². The van der Waals surface area contributed by atoms with Crippen molar-refractivity contribution in [3.05, 3.63) is 0 Å². The first-order valence-electron chi connectivity index (χ1n) is 11.0. The van der Waals surface area contributed by atoms with Gasteiger partial charge in [-0.05, 0) is 73.5 Å². The van der Waals surface area contributed by atoms with Crippen LogP contribution in [0.25, 0.3) is 0 Å². The van der Waals surface area contributed by atoms with Crippen LogP contribution >= 0.6 is 11.8 Å². The molecule has 0 amide bonds. The first-order valence-corrected chi connectivity index (χ1v) is 12.0. The Morgan fingerprint density at radius 2 is 1.86 bits per heavy atom. The number of fused-ring (bicyclic) bond motifs is 5. The van der Waals surface area contributed by atoms with Crippen molar-refractivity contribution in [1.29, 1.82) is 0 Å². The summed E-state index contributed by atoms with van der Waals surface area (Å²) < 4.78 is 0. The van der Waals surface area contributed by atoms with E-state index in [0.29, 0.717) is 30.0 Å². The summed E-state index contributed by atoms with van der Waals surface area (Å²) in [7, 11) is 0. The van der Waals surface area contributed by atoms with Crippen molar-refractivity contribution in [3.8, 4) is 0 Å². The third kappa shape index (κ3) is 3.12. The molecule has 4 fully saturated rings. The summed E-state index contributed by atoms with van der Waals surface area (Å²) in [5.74, 6) is 2.10. The molecular weight excluding hydrogens is 372 g/mol. The van der Waals surface area contributed by atoms with Gasteiger partial charge in [0, 0.05) is 25.2 Å². The zero-order valence-electron chi connectivity index (χ0n) is 17.4. The molecule has 0 radical (unpaired) electrons. The molecule has 0 aromatic rings. The molecule has 0 aromatic carbocycles. The van der Waals surface area contributed by atoms with Crippen molar-refractivity contribution >= 4 is 28.4 Å². The predicted molar refractivity (Wildman–Crippen MR) is 110 cm³/mol. The van der Waals surface area contributed by atoms with E-state index in [9.17, 15) is 19.5 Å². The standard InChI is InChI=1S/C23H34O4S/c1-13(24)28-12-20(27)18-7-6-17-16-5-4-14-10-15(25)8-9-22(14,2)21(16)19(26)11-23(17,18)3/h14-18,21,25H,4-12H2,1-3H3/t14-,15-,16+,17+,18-,21-,22+,23+/m1/s1. The molecule has 1 N–H and O–H groups in total. The number of Topliss-reactive ketones (excluding diaryl/α,β-unsaturated/α-hetero) is 2. The first kappa shape index (κ1) is 20.6. The smallest absolute Gasteiger partial charge is 0.186 e. The molecule has 5 heteroatoms. The van der Waals surface area contributed by atoms with Gasteiger partial charge in [-0.2, -0.15) is 0 Å². The Labute approximate surface area is 172 Å². The van der Waals surface area contributed by atoms with Crippen molar-refractivity contribution in [2.75, 3.05) is 5.75 Å². The highest BCUT2D eigenvalue weighted by Crippen LogP contribution is 2.66. The van der Waals surface area contributed by atoms with Crippen LogP contribution in [0.4, 0.5) is 0 Å². The van der Waals surface area contributed by atoms with Crippen molar-refractivity contribution in [2.45, 2.75) is 78.2 Å². The number of hydrogen-bond donors (Lipinski definition) is 1. The average Bonchev–Trinajstić information content (AvgIpc) is 2.96. The molecule has 4 aliphatic rings. The van der Waals surface area contributed by atoms with E-state index in [0.717, 1.165) is 56.7 Å². The molecule has 28 heavy (non-hydrogen) atoms. The fourth-order valence-electron chi connectivity index (χ4n) is 7.85. The SMILES string of the molecule is CC(=O)SCC(=O)[C@H]1CC[C@H]2[C@@H]3CC[C@@H]4C[C@H](O)CC[C@]4(C)[C@H]3C(=O)C[C@]12C. The van der Waals surface area contributed by atoms with E-state index in [1.807, 2.05) is 0 Å². The van der Waals surface area contributed by atoms with Crippen LogP contribution in [-0.2, 0) is 14.4 Å². The normalized spacial score (nSPS) is 47.8. The monoisotopic (exact) mass is 406 g/mol. The molecule has 0 aromatic heterocycles. The van der Waals surface area contributed by atoms with Crippen LogP contribution in [0.15, 0.2) is 0 Å². The zero-order chi connectivity index (χ0) is 20.3. The predicted octanol–water partition coefficient (Wildman–Crippen LogP) is 4.03. The van der Waals surface area contributed by atoms with Gasteiger partial charge in [0.2, 0.25) is 0 Å². The summed E-state index contributed by atoms with van der Waals surface area (Å²) in [4.78, 5) is 37.7. The third-order valence-electron chi connectivity index (χ3n) is 9.13. The number of carbonyl (C=O) groups excluding carboxylic acids is 3. The molecule has 4 nitrogen and oxygen atoms in total. The summed E-state index contributed by atoms with van der Waals surface area (Å²) in [5.41, 5.74) is -0.211. The highest BCUT2D eigenvalue weighted by molar-refractivity contribution is 8.14. The topological polar surface area (TPSA) is 71.4 Å². The van der Waals surface area contributed by atoms with Crippen molar-refractivity contribution < 1.29 is 19.5 Å². The number of aliphatic hydroxyl groups excluding tert-OH is 1. The molecule has 0 heterocycles. The van der Waals surface area contributed by atoms with E-state index in [4.69, 9.17) is 0 Å². The minimum atomic E-state index is -0.232. The summed E-state index contributed by atoms with van der Waals surface area (Å²) in [6, 6.07) is 0. The number of thioether (sulfide) groups is 1. The Hall–Kier alpha value is -0.680. The Morgan fingerprint density at radius 1 is 1.11 bits per heavy atom. The van der Waals surface area contributed by atoms with Crippen LogP contribution < -0.4 is 0 Å². The second kappa shape index (κ2) is 7.23. The van der Waals surface area contributed by atoms with Crippen LogP contribution in [0.3, 0.4) is 0 Å². The molecule has 4 saturated carbocycles. The van der Waals surface area contributed by atoms with Gasteiger partial charge < -0.3 is 5.11 Å². The summed E-state index contributed by atoms with van der Waals surface area (Å²) >= 11 is 1.11. The minimum Gasteiger partial charge on any atom is -0.393 e. The summed E-state index contributed by atoms with van der Waals surface area (Å²) in [6.07, 6.45) is 7.00. The lowest BCUT2D eigenvalue weighted by molar-refractivity contribution is -0.162. The van der Waals surface area contributed by atoms with E-state index in [1.54, 1.807) is 0 Å². The third-order valence-corrected chi connectivity index (χ3v) is 9.96. The molecule has 0 aliphatic heterocycles. The number of ketones is 2. The number of carbonyl (C=O) groups is 3. The van der Waals surface area contributed by atoms with Crippen LogP contribution in [-0.4, -0.2) is 33.6 Å². The van der Waals surface area contributed by atoms with Gasteiger partial charge in [0.15, 0.2) is 5.12 Å². The molecule has 0 spiro atoms. The van der Waals surface area contributed by atoms with E-state index in [-0.39, 0.29) is 45.4 Å². The maximum Gasteiger partial charge on any atom is 0.186 e. The van der Waals surface area contributed by atoms with Gasteiger partial charge in [0.1, 0.15) is 11.6 Å². The molecular formula is C23H34O4S. The Balaban J connectivity index is 1.58. The van der Waals surface area contributed by atoms with Crippen LogP contribution in [0.5, 0.6) is 0 Å². The molecule has 4 rings (SSSR count). The largest absolute Gasteiger partial charge is 0.393 e. The van der Waals surface area contributed by atoms with E-state index in [2.05, 4.69) is 13.8 Å². The Morgan fingerprint density at radius 3 is 2.57 bits per heavy atom. The second-order valence-corrected chi connectivity index (χ2v) is 11.6. The van der Waals surface area contributed by atoms with Crippen LogP contribution in [0.1, 0.15) is 72.1 Å². The van der Waals surface area contributed by atoms with Crippen molar-refractivity contribution in [2.24, 2.45) is 40.4 Å². The maximum atomic E-state index is 13.5. The Kier molecular flexibility index (Phi) is 5.31. The van der Waals surface area contributed by atoms with Gasteiger partial charge in [0.25, 0.3) is 0 Å². The number of aliphatic hydroxyl groups is 1. The molecule has 8 atom stereocenters. The first-order chi connectivity index (χ1) is 13.2. The zero-order valence-corrected chi connectivity index (χ0v) is 18.2. The van der Waals surface area contributed by atoms with E-state index in [1.165, 1.54) is 6.92 Å². The number of rotatable bonds is 3. The summed E-state index contributed by atoms with van der Waals surface area (Å²) in [6.45, 7) is 5.99. The Bertz CT molecular complexity index is 690.